The van der Waals surface area contributed by atoms with E-state index in [1.165, 1.54) is 0 Å². The predicted octanol–water partition coefficient (Wildman–Crippen LogP) is 3.37. The molecule has 112 valence electrons. The van der Waals surface area contributed by atoms with Crippen LogP contribution in [0.3, 0.4) is 0 Å². The zero-order chi connectivity index (χ0) is 14.5. The van der Waals surface area contributed by atoms with Gasteiger partial charge in [-0.15, -0.1) is 11.8 Å². The van der Waals surface area contributed by atoms with Crippen LogP contribution in [0, 0.1) is 5.92 Å². The number of ether oxygens (including phenoxy) is 1. The summed E-state index contributed by atoms with van der Waals surface area (Å²) in [7, 11) is 0. The largest absolute Gasteiger partial charge is 0.399 e. The van der Waals surface area contributed by atoms with E-state index >= 15 is 0 Å². The quantitative estimate of drug-likeness (QED) is 0.668. The Bertz CT molecular complexity index is 442. The molecule has 3 nitrogen and oxygen atoms in total. The van der Waals surface area contributed by atoms with Gasteiger partial charge in [0.15, 0.2) is 0 Å². The van der Waals surface area contributed by atoms with Gasteiger partial charge in [-0.1, -0.05) is 25.4 Å². The molecule has 1 heterocycles. The molecule has 5 heteroatoms. The van der Waals surface area contributed by atoms with E-state index in [0.29, 0.717) is 5.92 Å². The first kappa shape index (κ1) is 16.0. The van der Waals surface area contributed by atoms with E-state index < -0.39 is 0 Å². The van der Waals surface area contributed by atoms with Crippen molar-refractivity contribution in [3.63, 3.8) is 0 Å². The number of anilines is 1. The number of rotatable bonds is 5. The molecule has 1 fully saturated rings. The van der Waals surface area contributed by atoms with Gasteiger partial charge in [-0.25, -0.2) is 0 Å². The smallest absolute Gasteiger partial charge is 0.0796 e. The van der Waals surface area contributed by atoms with Gasteiger partial charge in [0.1, 0.15) is 0 Å². The van der Waals surface area contributed by atoms with Gasteiger partial charge in [0.25, 0.3) is 0 Å². The minimum absolute atomic E-state index is 0.269. The Labute approximate surface area is 130 Å². The van der Waals surface area contributed by atoms with E-state index in [0.717, 1.165) is 47.6 Å². The first-order valence-corrected chi connectivity index (χ1v) is 8.42. The van der Waals surface area contributed by atoms with Gasteiger partial charge in [-0.2, -0.15) is 0 Å². The molecule has 20 heavy (non-hydrogen) atoms. The maximum Gasteiger partial charge on any atom is 0.0796 e. The molecule has 1 aromatic carbocycles. The highest BCUT2D eigenvalue weighted by Gasteiger charge is 2.21. The third-order valence-electron chi connectivity index (χ3n) is 3.23. The predicted molar refractivity (Wildman–Crippen MR) is 87.6 cm³/mol. The van der Waals surface area contributed by atoms with E-state index in [1.807, 2.05) is 18.2 Å². The highest BCUT2D eigenvalue weighted by molar-refractivity contribution is 7.99. The molecule has 0 saturated carbocycles. The van der Waals surface area contributed by atoms with E-state index in [-0.39, 0.29) is 6.10 Å². The molecule has 0 amide bonds. The molecule has 1 saturated heterocycles. The summed E-state index contributed by atoms with van der Waals surface area (Å²) < 4.78 is 5.84. The Kier molecular flexibility index (Phi) is 6.02. The minimum atomic E-state index is 0.269. The fourth-order valence-corrected chi connectivity index (χ4v) is 3.65. The van der Waals surface area contributed by atoms with Crippen molar-refractivity contribution >= 4 is 29.1 Å². The maximum atomic E-state index is 6.18. The van der Waals surface area contributed by atoms with Gasteiger partial charge in [-0.3, -0.25) is 4.90 Å². The lowest BCUT2D eigenvalue weighted by molar-refractivity contribution is -0.0191. The van der Waals surface area contributed by atoms with Crippen LogP contribution in [0.15, 0.2) is 23.1 Å². The average Bonchev–Trinajstić information content (AvgIpc) is 2.39. The van der Waals surface area contributed by atoms with E-state index in [1.54, 1.807) is 11.8 Å². The Morgan fingerprint density at radius 3 is 3.05 bits per heavy atom. The summed E-state index contributed by atoms with van der Waals surface area (Å²) in [6.07, 6.45) is 0.269. The van der Waals surface area contributed by atoms with Crippen LogP contribution in [0.5, 0.6) is 0 Å². The van der Waals surface area contributed by atoms with Gasteiger partial charge in [0.2, 0.25) is 0 Å². The van der Waals surface area contributed by atoms with Gasteiger partial charge in [-0.05, 0) is 24.1 Å². The fraction of sp³-hybridized carbons (Fsp3) is 0.600. The Hall–Kier alpha value is -0.420. The molecule has 1 atom stereocenters. The number of nitrogens with two attached hydrogens (primary N) is 1. The standard InChI is InChI=1S/C15H23ClN2OS/c1-11(2)8-18-5-6-19-13(9-18)10-20-15-7-12(17)3-4-14(15)16/h3-4,7,11,13H,5-6,8-10,17H2,1-2H3. The second-order valence-corrected chi connectivity index (χ2v) is 7.12. The van der Waals surface area contributed by atoms with Crippen LogP contribution < -0.4 is 5.73 Å². The second kappa shape index (κ2) is 7.55. The lowest BCUT2D eigenvalue weighted by atomic mass is 10.2. The summed E-state index contributed by atoms with van der Waals surface area (Å²) in [5.41, 5.74) is 6.55. The van der Waals surface area contributed by atoms with Crippen LogP contribution in [0.4, 0.5) is 5.69 Å². The Morgan fingerprint density at radius 2 is 2.30 bits per heavy atom. The highest BCUT2D eigenvalue weighted by Crippen LogP contribution is 2.30. The number of halogens is 1. The lowest BCUT2D eigenvalue weighted by Crippen LogP contribution is -2.44. The molecule has 1 aromatic rings. The number of nitrogens with zero attached hydrogens (tertiary/aromatic N) is 1. The number of morpholine rings is 1. The van der Waals surface area contributed by atoms with E-state index in [4.69, 9.17) is 22.1 Å². The molecule has 0 aromatic heterocycles. The molecule has 2 N–H and O–H groups in total. The molecular weight excluding hydrogens is 292 g/mol. The molecule has 1 unspecified atom stereocenters. The fourth-order valence-electron chi connectivity index (χ4n) is 2.38. The monoisotopic (exact) mass is 314 g/mol. The summed E-state index contributed by atoms with van der Waals surface area (Å²) in [6.45, 7) is 8.52. The summed E-state index contributed by atoms with van der Waals surface area (Å²) in [4.78, 5) is 3.52. The van der Waals surface area contributed by atoms with Crippen molar-refractivity contribution in [1.82, 2.24) is 4.90 Å². The molecule has 0 bridgehead atoms. The van der Waals surface area contributed by atoms with Gasteiger partial charge in [0, 0.05) is 36.0 Å². The normalized spacial score (nSPS) is 20.5. The molecule has 2 rings (SSSR count). The third kappa shape index (κ3) is 4.85. The Balaban J connectivity index is 1.85. The van der Waals surface area contributed by atoms with E-state index in [2.05, 4.69) is 18.7 Å². The minimum Gasteiger partial charge on any atom is -0.399 e. The second-order valence-electron chi connectivity index (χ2n) is 5.65. The molecule has 0 radical (unpaired) electrons. The van der Waals surface area contributed by atoms with Gasteiger partial charge < -0.3 is 10.5 Å². The third-order valence-corrected chi connectivity index (χ3v) is 4.86. The number of thioether (sulfide) groups is 1. The van der Waals surface area contributed by atoms with Crippen molar-refractivity contribution in [3.8, 4) is 0 Å². The van der Waals surface area contributed by atoms with Crippen molar-refractivity contribution in [3.05, 3.63) is 23.2 Å². The van der Waals surface area contributed by atoms with Crippen LogP contribution in [0.25, 0.3) is 0 Å². The Morgan fingerprint density at radius 1 is 1.50 bits per heavy atom. The lowest BCUT2D eigenvalue weighted by Gasteiger charge is -2.33. The van der Waals surface area contributed by atoms with Crippen molar-refractivity contribution < 1.29 is 4.74 Å². The number of hydrogen-bond donors (Lipinski definition) is 1. The molecule has 0 spiro atoms. The van der Waals surface area contributed by atoms with Crippen LogP contribution in [0.1, 0.15) is 13.8 Å². The summed E-state index contributed by atoms with van der Waals surface area (Å²) in [6, 6.07) is 5.61. The zero-order valence-corrected chi connectivity index (χ0v) is 13.7. The van der Waals surface area contributed by atoms with Crippen molar-refractivity contribution in [2.75, 3.05) is 37.7 Å². The zero-order valence-electron chi connectivity index (χ0n) is 12.1. The first-order chi connectivity index (χ1) is 9.54. The van der Waals surface area contributed by atoms with Crippen LogP contribution >= 0.6 is 23.4 Å². The van der Waals surface area contributed by atoms with Crippen molar-refractivity contribution in [2.45, 2.75) is 24.8 Å². The van der Waals surface area contributed by atoms with E-state index in [9.17, 15) is 0 Å². The topological polar surface area (TPSA) is 38.5 Å². The highest BCUT2D eigenvalue weighted by atomic mass is 35.5. The van der Waals surface area contributed by atoms with Crippen LogP contribution in [-0.4, -0.2) is 43.0 Å². The van der Waals surface area contributed by atoms with Crippen molar-refractivity contribution in [1.29, 1.82) is 0 Å². The molecule has 1 aliphatic heterocycles. The number of nitrogen functional groups attached to an aromatic ring is 1. The SMILES string of the molecule is CC(C)CN1CCOC(CSc2cc(N)ccc2Cl)C1. The van der Waals surface area contributed by atoms with Crippen molar-refractivity contribution in [2.24, 2.45) is 5.92 Å². The summed E-state index contributed by atoms with van der Waals surface area (Å²) in [5, 5.41) is 0.763. The maximum absolute atomic E-state index is 6.18. The molecular formula is C15H23ClN2OS. The average molecular weight is 315 g/mol. The summed E-state index contributed by atoms with van der Waals surface area (Å²) >= 11 is 7.91. The number of hydrogen-bond acceptors (Lipinski definition) is 4. The van der Waals surface area contributed by atoms with Crippen LogP contribution in [0.2, 0.25) is 5.02 Å². The number of benzene rings is 1. The van der Waals surface area contributed by atoms with Gasteiger partial charge >= 0.3 is 0 Å². The molecule has 1 aliphatic rings. The molecule has 0 aliphatic carbocycles. The summed E-state index contributed by atoms with van der Waals surface area (Å²) in [5.74, 6) is 1.61. The van der Waals surface area contributed by atoms with Crippen LogP contribution in [-0.2, 0) is 4.74 Å². The first-order valence-electron chi connectivity index (χ1n) is 7.06. The van der Waals surface area contributed by atoms with Gasteiger partial charge in [0.05, 0.1) is 17.7 Å².